The summed E-state index contributed by atoms with van der Waals surface area (Å²) in [6, 6.07) is -0.412. The van der Waals surface area contributed by atoms with Crippen LogP contribution in [0, 0.1) is 0 Å². The van der Waals surface area contributed by atoms with Gasteiger partial charge in [-0.15, -0.1) is 0 Å². The van der Waals surface area contributed by atoms with Gasteiger partial charge in [0.25, 0.3) is 0 Å². The van der Waals surface area contributed by atoms with Crippen LogP contribution >= 0.6 is 0 Å². The first kappa shape index (κ1) is 13.7. The number of amides is 1. The van der Waals surface area contributed by atoms with Crippen molar-refractivity contribution in [2.24, 2.45) is 12.8 Å². The molecule has 1 aromatic heterocycles. The third-order valence-corrected chi connectivity index (χ3v) is 2.84. The standard InChI is InChI=1S/C12H22N4O/c1-4-6-10(5-2)15-12(17)11(13)9-7-14-16(3)8-9/h7-8,10-11H,4-6,13H2,1-3H3,(H,15,17). The van der Waals surface area contributed by atoms with Crippen molar-refractivity contribution < 1.29 is 4.79 Å². The van der Waals surface area contributed by atoms with E-state index in [1.165, 1.54) is 0 Å². The Labute approximate surface area is 102 Å². The van der Waals surface area contributed by atoms with Gasteiger partial charge in [0, 0.05) is 24.8 Å². The molecule has 2 atom stereocenters. The van der Waals surface area contributed by atoms with Crippen molar-refractivity contribution in [3.05, 3.63) is 18.0 Å². The highest BCUT2D eigenvalue weighted by molar-refractivity contribution is 5.83. The summed E-state index contributed by atoms with van der Waals surface area (Å²) < 4.78 is 1.64. The Bertz CT molecular complexity index is 361. The summed E-state index contributed by atoms with van der Waals surface area (Å²) in [6.45, 7) is 4.17. The molecule has 0 bridgehead atoms. The zero-order chi connectivity index (χ0) is 12.8. The van der Waals surface area contributed by atoms with Crippen LogP contribution in [0.1, 0.15) is 44.7 Å². The number of hydrogen-bond acceptors (Lipinski definition) is 3. The van der Waals surface area contributed by atoms with Crippen molar-refractivity contribution in [1.29, 1.82) is 0 Å². The van der Waals surface area contributed by atoms with Crippen LogP contribution in [0.5, 0.6) is 0 Å². The van der Waals surface area contributed by atoms with Crippen LogP contribution in [0.25, 0.3) is 0 Å². The average molecular weight is 238 g/mol. The van der Waals surface area contributed by atoms with Gasteiger partial charge in [0.15, 0.2) is 0 Å². The van der Waals surface area contributed by atoms with Gasteiger partial charge < -0.3 is 11.1 Å². The molecule has 1 aromatic rings. The molecule has 1 amide bonds. The lowest BCUT2D eigenvalue weighted by Crippen LogP contribution is -2.40. The maximum atomic E-state index is 11.9. The van der Waals surface area contributed by atoms with Crippen LogP contribution in [0.2, 0.25) is 0 Å². The molecule has 0 fully saturated rings. The Balaban J connectivity index is 2.57. The van der Waals surface area contributed by atoms with Crippen molar-refractivity contribution in [3.63, 3.8) is 0 Å². The Kier molecular flexibility index (Phi) is 5.15. The van der Waals surface area contributed by atoms with Gasteiger partial charge in [-0.3, -0.25) is 9.48 Å². The first-order valence-electron chi connectivity index (χ1n) is 6.13. The van der Waals surface area contributed by atoms with Crippen molar-refractivity contribution >= 4 is 5.91 Å². The molecular weight excluding hydrogens is 216 g/mol. The van der Waals surface area contributed by atoms with E-state index < -0.39 is 6.04 Å². The fraction of sp³-hybridized carbons (Fsp3) is 0.667. The van der Waals surface area contributed by atoms with E-state index in [4.69, 9.17) is 5.73 Å². The Hall–Kier alpha value is -1.36. The second-order valence-electron chi connectivity index (χ2n) is 4.33. The highest BCUT2D eigenvalue weighted by Gasteiger charge is 2.19. The molecular formula is C12H22N4O. The van der Waals surface area contributed by atoms with Crippen LogP contribution in [0.15, 0.2) is 12.4 Å². The van der Waals surface area contributed by atoms with Crippen LogP contribution in [-0.2, 0) is 11.8 Å². The summed E-state index contributed by atoms with van der Waals surface area (Å²) >= 11 is 0. The van der Waals surface area contributed by atoms with E-state index in [1.807, 2.05) is 0 Å². The molecule has 5 nitrogen and oxygen atoms in total. The SMILES string of the molecule is CCCC(CC)NC(=O)C(N)c1cnn(C)c1. The fourth-order valence-electron chi connectivity index (χ4n) is 1.77. The van der Waals surface area contributed by atoms with E-state index in [1.54, 1.807) is 24.1 Å². The lowest BCUT2D eigenvalue weighted by molar-refractivity contribution is -0.123. The van der Waals surface area contributed by atoms with Gasteiger partial charge in [0.2, 0.25) is 5.91 Å². The topological polar surface area (TPSA) is 72.9 Å². The molecule has 0 aromatic carbocycles. The van der Waals surface area contributed by atoms with Crippen molar-refractivity contribution in [3.8, 4) is 0 Å². The molecule has 3 N–H and O–H groups in total. The normalized spacial score (nSPS) is 14.4. The molecule has 5 heteroatoms. The maximum absolute atomic E-state index is 11.9. The predicted molar refractivity (Wildman–Crippen MR) is 67.3 cm³/mol. The van der Waals surface area contributed by atoms with Crippen molar-refractivity contribution in [2.45, 2.75) is 45.2 Å². The molecule has 0 aliphatic heterocycles. The van der Waals surface area contributed by atoms with E-state index in [-0.39, 0.29) is 11.9 Å². The van der Waals surface area contributed by atoms with Gasteiger partial charge in [0.1, 0.15) is 6.04 Å². The first-order valence-corrected chi connectivity index (χ1v) is 6.13. The van der Waals surface area contributed by atoms with Gasteiger partial charge >= 0.3 is 0 Å². The lowest BCUT2D eigenvalue weighted by Gasteiger charge is -2.18. The molecule has 17 heavy (non-hydrogen) atoms. The van der Waals surface area contributed by atoms with Crippen LogP contribution < -0.4 is 11.1 Å². The maximum Gasteiger partial charge on any atom is 0.241 e. The molecule has 2 unspecified atom stereocenters. The smallest absolute Gasteiger partial charge is 0.241 e. The average Bonchev–Trinajstić information content (AvgIpc) is 2.74. The number of carbonyl (C=O) groups excluding carboxylic acids is 1. The molecule has 0 radical (unpaired) electrons. The number of carbonyl (C=O) groups is 1. The van der Waals surface area contributed by atoms with E-state index in [2.05, 4.69) is 24.3 Å². The molecule has 0 saturated carbocycles. The Morgan fingerprint density at radius 2 is 2.29 bits per heavy atom. The minimum absolute atomic E-state index is 0.127. The van der Waals surface area contributed by atoms with Gasteiger partial charge in [-0.25, -0.2) is 0 Å². The Morgan fingerprint density at radius 3 is 2.76 bits per heavy atom. The second kappa shape index (κ2) is 6.39. The van der Waals surface area contributed by atoms with Gasteiger partial charge in [0.05, 0.1) is 6.20 Å². The summed E-state index contributed by atoms with van der Waals surface area (Å²) in [5, 5.41) is 6.99. The number of nitrogens with zero attached hydrogens (tertiary/aromatic N) is 2. The minimum atomic E-state index is -0.630. The van der Waals surface area contributed by atoms with E-state index in [9.17, 15) is 4.79 Å². The number of aryl methyl sites for hydroxylation is 1. The zero-order valence-corrected chi connectivity index (χ0v) is 10.8. The summed E-state index contributed by atoms with van der Waals surface area (Å²) in [7, 11) is 1.81. The largest absolute Gasteiger partial charge is 0.352 e. The zero-order valence-electron chi connectivity index (χ0n) is 10.8. The third-order valence-electron chi connectivity index (χ3n) is 2.84. The van der Waals surface area contributed by atoms with E-state index >= 15 is 0 Å². The lowest BCUT2D eigenvalue weighted by atomic mass is 10.1. The van der Waals surface area contributed by atoms with Crippen LogP contribution in [-0.4, -0.2) is 21.7 Å². The van der Waals surface area contributed by atoms with Crippen LogP contribution in [0.3, 0.4) is 0 Å². The number of rotatable bonds is 6. The summed E-state index contributed by atoms with van der Waals surface area (Å²) in [5.41, 5.74) is 6.63. The van der Waals surface area contributed by atoms with Gasteiger partial charge in [-0.1, -0.05) is 20.3 Å². The molecule has 1 rings (SSSR count). The predicted octanol–water partition coefficient (Wildman–Crippen LogP) is 1.11. The van der Waals surface area contributed by atoms with Crippen molar-refractivity contribution in [1.82, 2.24) is 15.1 Å². The van der Waals surface area contributed by atoms with Crippen LogP contribution in [0.4, 0.5) is 0 Å². The first-order chi connectivity index (χ1) is 8.08. The number of nitrogens with one attached hydrogen (secondary N) is 1. The number of aromatic nitrogens is 2. The van der Waals surface area contributed by atoms with Gasteiger partial charge in [-0.2, -0.15) is 5.10 Å². The number of nitrogens with two attached hydrogens (primary N) is 1. The second-order valence-corrected chi connectivity index (χ2v) is 4.33. The summed E-state index contributed by atoms with van der Waals surface area (Å²) in [6.07, 6.45) is 6.37. The Morgan fingerprint density at radius 1 is 1.59 bits per heavy atom. The highest BCUT2D eigenvalue weighted by atomic mass is 16.2. The number of hydrogen-bond donors (Lipinski definition) is 2. The third kappa shape index (κ3) is 3.85. The molecule has 0 saturated heterocycles. The molecule has 96 valence electrons. The quantitative estimate of drug-likeness (QED) is 0.780. The molecule has 1 heterocycles. The molecule has 0 aliphatic rings. The molecule has 0 aliphatic carbocycles. The highest BCUT2D eigenvalue weighted by Crippen LogP contribution is 2.10. The summed E-state index contributed by atoms with van der Waals surface area (Å²) in [5.74, 6) is -0.127. The monoisotopic (exact) mass is 238 g/mol. The van der Waals surface area contributed by atoms with E-state index in [0.717, 1.165) is 24.8 Å². The van der Waals surface area contributed by atoms with Gasteiger partial charge in [-0.05, 0) is 12.8 Å². The fourth-order valence-corrected chi connectivity index (χ4v) is 1.77. The molecule has 0 spiro atoms. The minimum Gasteiger partial charge on any atom is -0.352 e. The van der Waals surface area contributed by atoms with E-state index in [0.29, 0.717) is 0 Å². The van der Waals surface area contributed by atoms with Crippen molar-refractivity contribution in [2.75, 3.05) is 0 Å². The summed E-state index contributed by atoms with van der Waals surface area (Å²) in [4.78, 5) is 11.9.